The molecule has 3 fully saturated rings. The SMILES string of the molecule is C[C@]12C=CC(=O)NC1CC[C@@H]1[C@H]2CC[C@]2(C)C(C(=O)c3ccc(O)cc3)CC[C@@H]12. The van der Waals surface area contributed by atoms with E-state index in [1.165, 1.54) is 0 Å². The molecule has 0 bridgehead atoms. The van der Waals surface area contributed by atoms with Crippen LogP contribution < -0.4 is 5.32 Å². The highest BCUT2D eigenvalue weighted by Gasteiger charge is 2.60. The molecular formula is C25H31NO3. The molecule has 1 aliphatic heterocycles. The molecule has 0 radical (unpaired) electrons. The van der Waals surface area contributed by atoms with E-state index in [1.54, 1.807) is 30.3 Å². The number of rotatable bonds is 2. The molecule has 5 rings (SSSR count). The lowest BCUT2D eigenvalue weighted by molar-refractivity contribution is -0.122. The first-order valence-corrected chi connectivity index (χ1v) is 11.2. The molecule has 2 unspecified atom stereocenters. The number of nitrogens with one attached hydrogen (secondary N) is 1. The molecule has 4 aliphatic rings. The summed E-state index contributed by atoms with van der Waals surface area (Å²) in [7, 11) is 0. The Kier molecular flexibility index (Phi) is 4.20. The fourth-order valence-corrected chi connectivity index (χ4v) is 7.59. The number of hydrogen-bond donors (Lipinski definition) is 2. The van der Waals surface area contributed by atoms with Crippen molar-refractivity contribution in [2.75, 3.05) is 0 Å². The van der Waals surface area contributed by atoms with Crippen LogP contribution >= 0.6 is 0 Å². The molecular weight excluding hydrogens is 362 g/mol. The van der Waals surface area contributed by atoms with E-state index in [0.717, 1.165) is 44.1 Å². The number of carbonyl (C=O) groups excluding carboxylic acids is 2. The predicted octanol–water partition coefficient (Wildman–Crippen LogP) is 4.49. The zero-order chi connectivity index (χ0) is 20.4. The molecule has 29 heavy (non-hydrogen) atoms. The molecule has 1 heterocycles. The molecule has 0 spiro atoms. The fraction of sp³-hybridized carbons (Fsp3) is 0.600. The molecule has 0 saturated heterocycles. The lowest BCUT2D eigenvalue weighted by atomic mass is 9.47. The highest BCUT2D eigenvalue weighted by atomic mass is 16.3. The molecule has 3 aliphatic carbocycles. The van der Waals surface area contributed by atoms with Gasteiger partial charge in [-0.15, -0.1) is 0 Å². The monoisotopic (exact) mass is 393 g/mol. The molecule has 1 aromatic carbocycles. The third-order valence-corrected chi connectivity index (χ3v) is 9.15. The first-order valence-electron chi connectivity index (χ1n) is 11.2. The number of aromatic hydroxyl groups is 1. The maximum Gasteiger partial charge on any atom is 0.243 e. The number of carbonyl (C=O) groups is 2. The lowest BCUT2D eigenvalue weighted by Gasteiger charge is -2.58. The summed E-state index contributed by atoms with van der Waals surface area (Å²) in [4.78, 5) is 25.2. The minimum atomic E-state index is 0.0389. The normalized spacial score (nSPS) is 43.1. The van der Waals surface area contributed by atoms with Crippen molar-refractivity contribution in [3.8, 4) is 5.75 Å². The first-order chi connectivity index (χ1) is 13.8. The summed E-state index contributed by atoms with van der Waals surface area (Å²) in [6.07, 6.45) is 10.4. The van der Waals surface area contributed by atoms with E-state index < -0.39 is 0 Å². The van der Waals surface area contributed by atoms with Crippen LogP contribution in [0.3, 0.4) is 0 Å². The predicted molar refractivity (Wildman–Crippen MR) is 111 cm³/mol. The van der Waals surface area contributed by atoms with Crippen molar-refractivity contribution in [2.45, 2.75) is 58.4 Å². The van der Waals surface area contributed by atoms with Gasteiger partial charge in [0.05, 0.1) is 0 Å². The van der Waals surface area contributed by atoms with Crippen molar-refractivity contribution in [1.82, 2.24) is 5.32 Å². The van der Waals surface area contributed by atoms with E-state index in [9.17, 15) is 14.7 Å². The van der Waals surface area contributed by atoms with Crippen LogP contribution in [0.2, 0.25) is 0 Å². The van der Waals surface area contributed by atoms with E-state index >= 15 is 0 Å². The van der Waals surface area contributed by atoms with Gasteiger partial charge in [0.25, 0.3) is 0 Å². The van der Waals surface area contributed by atoms with Gasteiger partial charge in [-0.3, -0.25) is 9.59 Å². The Morgan fingerprint density at radius 3 is 2.55 bits per heavy atom. The summed E-state index contributed by atoms with van der Waals surface area (Å²) in [5, 5.41) is 12.8. The minimum Gasteiger partial charge on any atom is -0.508 e. The first kappa shape index (κ1) is 18.9. The molecule has 3 saturated carbocycles. The number of benzene rings is 1. The van der Waals surface area contributed by atoms with Gasteiger partial charge < -0.3 is 10.4 Å². The number of Topliss-reactive ketones (excluding diaryl/α,β-unsaturated/α-hetero) is 1. The molecule has 1 aromatic rings. The van der Waals surface area contributed by atoms with E-state index in [-0.39, 0.29) is 40.2 Å². The van der Waals surface area contributed by atoms with Gasteiger partial charge in [-0.25, -0.2) is 0 Å². The van der Waals surface area contributed by atoms with Gasteiger partial charge in [-0.05, 0) is 92.0 Å². The summed E-state index contributed by atoms with van der Waals surface area (Å²) >= 11 is 0. The van der Waals surface area contributed by atoms with Crippen LogP contribution in [-0.2, 0) is 4.79 Å². The van der Waals surface area contributed by atoms with Crippen LogP contribution in [0, 0.1) is 34.5 Å². The van der Waals surface area contributed by atoms with Gasteiger partial charge in [0.15, 0.2) is 5.78 Å². The third-order valence-electron chi connectivity index (χ3n) is 9.15. The number of amides is 1. The van der Waals surface area contributed by atoms with Crippen LogP contribution in [0.25, 0.3) is 0 Å². The summed E-state index contributed by atoms with van der Waals surface area (Å²) in [6, 6.07) is 7.01. The Bertz CT molecular complexity index is 875. The number of phenols is 1. The van der Waals surface area contributed by atoms with Crippen molar-refractivity contribution in [3.05, 3.63) is 42.0 Å². The lowest BCUT2D eigenvalue weighted by Crippen LogP contribution is -2.59. The zero-order valence-corrected chi connectivity index (χ0v) is 17.4. The maximum absolute atomic E-state index is 13.4. The van der Waals surface area contributed by atoms with Crippen molar-refractivity contribution < 1.29 is 14.7 Å². The summed E-state index contributed by atoms with van der Waals surface area (Å²) in [6.45, 7) is 4.69. The molecule has 4 nitrogen and oxygen atoms in total. The number of ketones is 1. The van der Waals surface area contributed by atoms with E-state index in [2.05, 4.69) is 25.2 Å². The average molecular weight is 394 g/mol. The van der Waals surface area contributed by atoms with Crippen molar-refractivity contribution >= 4 is 11.7 Å². The van der Waals surface area contributed by atoms with Crippen LogP contribution in [-0.4, -0.2) is 22.8 Å². The quantitative estimate of drug-likeness (QED) is 0.728. The standard InChI is InChI=1S/C25H31NO3/c1-24-13-11-19-17(7-10-21-25(19,2)14-12-22(28)26-21)18(24)8-9-20(24)23(29)15-3-5-16(27)6-4-15/h3-6,12,14,17-21,27H,7-11,13H2,1-2H3,(H,26,28)/t17-,18-,19+,20?,21?,24-,25+/m0/s1. The van der Waals surface area contributed by atoms with Gasteiger partial charge >= 0.3 is 0 Å². The molecule has 1 amide bonds. The topological polar surface area (TPSA) is 66.4 Å². The number of hydrogen-bond acceptors (Lipinski definition) is 3. The number of phenolic OH excluding ortho intramolecular Hbond substituents is 1. The van der Waals surface area contributed by atoms with Crippen LogP contribution in [0.1, 0.15) is 62.7 Å². The second kappa shape index (κ2) is 6.45. The second-order valence-electron chi connectivity index (χ2n) is 10.3. The Morgan fingerprint density at radius 1 is 1.03 bits per heavy atom. The minimum absolute atomic E-state index is 0.0389. The Labute approximate surface area is 172 Å². The van der Waals surface area contributed by atoms with Gasteiger partial charge in [0.1, 0.15) is 5.75 Å². The summed E-state index contributed by atoms with van der Waals surface area (Å²) < 4.78 is 0. The van der Waals surface area contributed by atoms with Gasteiger partial charge in [0, 0.05) is 22.9 Å². The largest absolute Gasteiger partial charge is 0.508 e. The highest BCUT2D eigenvalue weighted by molar-refractivity contribution is 5.98. The number of fused-ring (bicyclic) bond motifs is 5. The smallest absolute Gasteiger partial charge is 0.243 e. The molecule has 0 aromatic heterocycles. The van der Waals surface area contributed by atoms with Crippen molar-refractivity contribution in [3.63, 3.8) is 0 Å². The van der Waals surface area contributed by atoms with E-state index in [1.807, 2.05) is 0 Å². The molecule has 4 heteroatoms. The van der Waals surface area contributed by atoms with E-state index in [0.29, 0.717) is 17.8 Å². The highest BCUT2D eigenvalue weighted by Crippen LogP contribution is 2.65. The Hall–Kier alpha value is -2.10. The summed E-state index contributed by atoms with van der Waals surface area (Å²) in [5.41, 5.74) is 0.823. The van der Waals surface area contributed by atoms with Crippen LogP contribution in [0.15, 0.2) is 36.4 Å². The molecule has 154 valence electrons. The van der Waals surface area contributed by atoms with Crippen LogP contribution in [0.5, 0.6) is 5.75 Å². The van der Waals surface area contributed by atoms with E-state index in [4.69, 9.17) is 0 Å². The molecule has 7 atom stereocenters. The van der Waals surface area contributed by atoms with Gasteiger partial charge in [-0.2, -0.15) is 0 Å². The molecule has 2 N–H and O–H groups in total. The van der Waals surface area contributed by atoms with Gasteiger partial charge in [-0.1, -0.05) is 19.9 Å². The second-order valence-corrected chi connectivity index (χ2v) is 10.3. The zero-order valence-electron chi connectivity index (χ0n) is 17.4. The summed E-state index contributed by atoms with van der Waals surface area (Å²) in [5.74, 6) is 2.37. The Balaban J connectivity index is 1.42. The average Bonchev–Trinajstić information content (AvgIpc) is 3.06. The van der Waals surface area contributed by atoms with Crippen molar-refractivity contribution in [1.29, 1.82) is 0 Å². The third kappa shape index (κ3) is 2.71. The van der Waals surface area contributed by atoms with Crippen molar-refractivity contribution in [2.24, 2.45) is 34.5 Å². The van der Waals surface area contributed by atoms with Gasteiger partial charge in [0.2, 0.25) is 5.91 Å². The maximum atomic E-state index is 13.4. The van der Waals surface area contributed by atoms with Crippen LogP contribution in [0.4, 0.5) is 0 Å². The fourth-order valence-electron chi connectivity index (χ4n) is 7.59. The Morgan fingerprint density at radius 2 is 1.79 bits per heavy atom.